The first-order valence-electron chi connectivity index (χ1n) is 6.28. The zero-order valence-corrected chi connectivity index (χ0v) is 11.2. The molecular formula is C11H19N7O. The van der Waals surface area contributed by atoms with Crippen LogP contribution in [0.5, 0.6) is 0 Å². The fraction of sp³-hybridized carbons (Fsp3) is 0.636. The molecule has 104 valence electrons. The predicted octanol–water partition coefficient (Wildman–Crippen LogP) is 1.38. The van der Waals surface area contributed by atoms with Crippen LogP contribution in [-0.2, 0) is 4.84 Å². The number of hydrogen-bond acceptors (Lipinski definition) is 8. The highest BCUT2D eigenvalue weighted by molar-refractivity contribution is 5.41. The third-order valence-corrected chi connectivity index (χ3v) is 2.00. The summed E-state index contributed by atoms with van der Waals surface area (Å²) in [7, 11) is 0. The number of rotatable bonds is 9. The molecule has 0 aliphatic heterocycles. The molecule has 1 heterocycles. The fourth-order valence-corrected chi connectivity index (χ4v) is 1.19. The summed E-state index contributed by atoms with van der Waals surface area (Å²) in [5.74, 6) is 1.21. The third-order valence-electron chi connectivity index (χ3n) is 2.00. The van der Waals surface area contributed by atoms with Gasteiger partial charge in [0.1, 0.15) is 0 Å². The van der Waals surface area contributed by atoms with Crippen molar-refractivity contribution in [2.24, 2.45) is 0 Å². The monoisotopic (exact) mass is 265 g/mol. The van der Waals surface area contributed by atoms with Crippen LogP contribution in [0, 0.1) is 11.3 Å². The molecule has 0 saturated carbocycles. The Kier molecular flexibility index (Phi) is 6.97. The van der Waals surface area contributed by atoms with Crippen LogP contribution in [0.4, 0.5) is 17.8 Å². The molecule has 0 atom stereocenters. The third kappa shape index (κ3) is 5.83. The molecule has 0 unspecified atom stereocenters. The van der Waals surface area contributed by atoms with Gasteiger partial charge in [-0.1, -0.05) is 13.8 Å². The number of nitriles is 1. The first-order valence-corrected chi connectivity index (χ1v) is 6.28. The summed E-state index contributed by atoms with van der Waals surface area (Å²) >= 11 is 0. The van der Waals surface area contributed by atoms with Crippen LogP contribution >= 0.6 is 0 Å². The van der Waals surface area contributed by atoms with Crippen LogP contribution in [0.2, 0.25) is 0 Å². The van der Waals surface area contributed by atoms with Crippen molar-refractivity contribution >= 4 is 17.8 Å². The maximum absolute atomic E-state index is 8.39. The van der Waals surface area contributed by atoms with Gasteiger partial charge in [-0.3, -0.25) is 4.84 Å². The molecule has 3 N–H and O–H groups in total. The quantitative estimate of drug-likeness (QED) is 0.454. The van der Waals surface area contributed by atoms with Gasteiger partial charge in [-0.2, -0.15) is 20.2 Å². The minimum atomic E-state index is -0.0822. The average molecular weight is 265 g/mol. The smallest absolute Gasteiger partial charge is 0.253 e. The van der Waals surface area contributed by atoms with Crippen LogP contribution in [0.25, 0.3) is 0 Å². The molecular weight excluding hydrogens is 246 g/mol. The van der Waals surface area contributed by atoms with Crippen molar-refractivity contribution in [3.63, 3.8) is 0 Å². The summed E-state index contributed by atoms with van der Waals surface area (Å²) in [4.78, 5) is 17.4. The summed E-state index contributed by atoms with van der Waals surface area (Å²) in [5, 5.41) is 14.6. The predicted molar refractivity (Wildman–Crippen MR) is 72.6 cm³/mol. The van der Waals surface area contributed by atoms with Gasteiger partial charge in [0.05, 0.1) is 6.07 Å². The van der Waals surface area contributed by atoms with E-state index in [0.717, 1.165) is 25.9 Å². The molecule has 1 aromatic heterocycles. The van der Waals surface area contributed by atoms with E-state index in [2.05, 4.69) is 44.9 Å². The Bertz CT molecular complexity index is 392. The highest BCUT2D eigenvalue weighted by atomic mass is 16.6. The van der Waals surface area contributed by atoms with E-state index >= 15 is 0 Å². The van der Waals surface area contributed by atoms with Crippen LogP contribution in [-0.4, -0.2) is 34.6 Å². The molecule has 0 aliphatic rings. The van der Waals surface area contributed by atoms with Gasteiger partial charge in [-0.05, 0) is 12.8 Å². The lowest BCUT2D eigenvalue weighted by Crippen LogP contribution is -2.13. The second-order valence-electron chi connectivity index (χ2n) is 3.71. The van der Waals surface area contributed by atoms with Gasteiger partial charge < -0.3 is 10.6 Å². The minimum absolute atomic E-state index is 0.0822. The second kappa shape index (κ2) is 8.88. The highest BCUT2D eigenvalue weighted by Crippen LogP contribution is 2.09. The minimum Gasteiger partial charge on any atom is -0.354 e. The van der Waals surface area contributed by atoms with Crippen molar-refractivity contribution in [2.75, 3.05) is 35.8 Å². The van der Waals surface area contributed by atoms with E-state index in [1.54, 1.807) is 0 Å². The highest BCUT2D eigenvalue weighted by Gasteiger charge is 2.05. The Hall–Kier alpha value is -2.14. The number of aromatic nitrogens is 3. The first kappa shape index (κ1) is 14.9. The Morgan fingerprint density at radius 2 is 1.53 bits per heavy atom. The lowest BCUT2D eigenvalue weighted by atomic mass is 10.5. The van der Waals surface area contributed by atoms with Gasteiger partial charge in [-0.25, -0.2) is 5.48 Å². The van der Waals surface area contributed by atoms with Crippen molar-refractivity contribution in [3.8, 4) is 6.07 Å². The van der Waals surface area contributed by atoms with Crippen LogP contribution < -0.4 is 16.1 Å². The number of anilines is 3. The Morgan fingerprint density at radius 3 is 2.00 bits per heavy atom. The van der Waals surface area contributed by atoms with Gasteiger partial charge in [0, 0.05) is 13.1 Å². The number of hydrogen-bond donors (Lipinski definition) is 3. The Morgan fingerprint density at radius 1 is 1.00 bits per heavy atom. The maximum Gasteiger partial charge on any atom is 0.253 e. The standard InChI is InChI=1S/C11H19N7O/c1-3-6-13-9-15-10(14-7-4-2)17-11(16-9)18-19-8-5-12/h3-4,6-8H2,1-2H3,(H3,13,14,15,16,17,18). The van der Waals surface area contributed by atoms with Gasteiger partial charge in [0.2, 0.25) is 11.9 Å². The van der Waals surface area contributed by atoms with Gasteiger partial charge in [0.15, 0.2) is 6.61 Å². The van der Waals surface area contributed by atoms with Gasteiger partial charge >= 0.3 is 0 Å². The van der Waals surface area contributed by atoms with Gasteiger partial charge in [0.25, 0.3) is 5.95 Å². The van der Waals surface area contributed by atoms with E-state index in [9.17, 15) is 0 Å². The van der Waals surface area contributed by atoms with E-state index in [-0.39, 0.29) is 12.6 Å². The number of nitrogens with zero attached hydrogens (tertiary/aromatic N) is 4. The summed E-state index contributed by atoms with van der Waals surface area (Å²) in [6.07, 6.45) is 1.94. The largest absolute Gasteiger partial charge is 0.354 e. The average Bonchev–Trinajstić information content (AvgIpc) is 2.43. The molecule has 8 nitrogen and oxygen atoms in total. The summed E-state index contributed by atoms with van der Waals surface area (Å²) < 4.78 is 0. The van der Waals surface area contributed by atoms with Crippen molar-refractivity contribution in [1.29, 1.82) is 5.26 Å². The van der Waals surface area contributed by atoms with Crippen molar-refractivity contribution < 1.29 is 4.84 Å². The van der Waals surface area contributed by atoms with E-state index < -0.39 is 0 Å². The number of nitrogens with one attached hydrogen (secondary N) is 3. The van der Waals surface area contributed by atoms with E-state index in [4.69, 9.17) is 10.1 Å². The zero-order chi connectivity index (χ0) is 13.9. The normalized spacial score (nSPS) is 9.74. The summed E-state index contributed by atoms with van der Waals surface area (Å²) in [6, 6.07) is 1.85. The molecule has 0 aliphatic carbocycles. The molecule has 19 heavy (non-hydrogen) atoms. The summed E-state index contributed by atoms with van der Waals surface area (Å²) in [6.45, 7) is 5.58. The topological polar surface area (TPSA) is 108 Å². The molecule has 8 heteroatoms. The second-order valence-corrected chi connectivity index (χ2v) is 3.71. The molecule has 0 spiro atoms. The molecule has 1 rings (SSSR count). The molecule has 0 aromatic carbocycles. The fourth-order valence-electron chi connectivity index (χ4n) is 1.19. The molecule has 1 aromatic rings. The van der Waals surface area contributed by atoms with Crippen molar-refractivity contribution in [2.45, 2.75) is 26.7 Å². The lowest BCUT2D eigenvalue weighted by molar-refractivity contribution is 0.229. The molecule has 0 saturated heterocycles. The van der Waals surface area contributed by atoms with E-state index in [1.807, 2.05) is 6.07 Å². The molecule has 0 amide bonds. The van der Waals surface area contributed by atoms with Crippen LogP contribution in [0.15, 0.2) is 0 Å². The van der Waals surface area contributed by atoms with Crippen molar-refractivity contribution in [1.82, 2.24) is 15.0 Å². The maximum atomic E-state index is 8.39. The first-order chi connectivity index (χ1) is 9.30. The van der Waals surface area contributed by atoms with Crippen molar-refractivity contribution in [3.05, 3.63) is 0 Å². The molecule has 0 radical (unpaired) electrons. The Labute approximate surface area is 112 Å². The van der Waals surface area contributed by atoms with E-state index in [0.29, 0.717) is 11.9 Å². The lowest BCUT2D eigenvalue weighted by Gasteiger charge is -2.09. The Balaban J connectivity index is 2.73. The van der Waals surface area contributed by atoms with Crippen LogP contribution in [0.1, 0.15) is 26.7 Å². The SMILES string of the molecule is CCCNc1nc(NCCC)nc(NOCC#N)n1. The summed E-state index contributed by atoms with van der Waals surface area (Å²) in [5.41, 5.74) is 2.51. The zero-order valence-electron chi connectivity index (χ0n) is 11.2. The van der Waals surface area contributed by atoms with Gasteiger partial charge in [-0.15, -0.1) is 0 Å². The van der Waals surface area contributed by atoms with E-state index in [1.165, 1.54) is 0 Å². The molecule has 0 fully saturated rings. The van der Waals surface area contributed by atoms with Crippen LogP contribution in [0.3, 0.4) is 0 Å². The molecule has 0 bridgehead atoms.